The Morgan fingerprint density at radius 3 is 2.62 bits per heavy atom. The highest BCUT2D eigenvalue weighted by Gasteiger charge is 2.14. The van der Waals surface area contributed by atoms with Gasteiger partial charge >= 0.3 is 0 Å². The molecule has 24 heavy (non-hydrogen) atoms. The quantitative estimate of drug-likeness (QED) is 0.736. The first kappa shape index (κ1) is 17.5. The van der Waals surface area contributed by atoms with Gasteiger partial charge in [-0.05, 0) is 42.3 Å². The maximum absolute atomic E-state index is 13.9. The van der Waals surface area contributed by atoms with E-state index in [9.17, 15) is 9.50 Å². The van der Waals surface area contributed by atoms with Gasteiger partial charge in [-0.3, -0.25) is 0 Å². The van der Waals surface area contributed by atoms with Gasteiger partial charge in [0.2, 0.25) is 0 Å². The van der Waals surface area contributed by atoms with Gasteiger partial charge in [0.15, 0.2) is 0 Å². The SMILES string of the molecule is Oc1c(Cl)cc(Cl)cc1SNc1cc(F)cc(N2CCOCC2)c1. The zero-order valence-corrected chi connectivity index (χ0v) is 14.9. The highest BCUT2D eigenvalue weighted by molar-refractivity contribution is 8.00. The van der Waals surface area contributed by atoms with E-state index in [1.807, 2.05) is 6.07 Å². The molecule has 1 aliphatic rings. The first-order valence-electron chi connectivity index (χ1n) is 7.27. The van der Waals surface area contributed by atoms with Crippen LogP contribution in [0.5, 0.6) is 5.75 Å². The summed E-state index contributed by atoms with van der Waals surface area (Å²) in [5, 5.41) is 10.5. The van der Waals surface area contributed by atoms with Crippen molar-refractivity contribution >= 4 is 46.5 Å². The summed E-state index contributed by atoms with van der Waals surface area (Å²) in [5.74, 6) is -0.404. The molecule has 0 radical (unpaired) electrons. The Bertz CT molecular complexity index is 742. The monoisotopic (exact) mass is 388 g/mol. The summed E-state index contributed by atoms with van der Waals surface area (Å²) in [6.07, 6.45) is 0. The number of nitrogens with zero attached hydrogens (tertiary/aromatic N) is 1. The fourth-order valence-corrected chi connectivity index (χ4v) is 3.72. The second-order valence-corrected chi connectivity index (χ2v) is 6.93. The normalized spacial score (nSPS) is 14.7. The fourth-order valence-electron chi connectivity index (χ4n) is 2.37. The second kappa shape index (κ2) is 7.70. The Balaban J connectivity index is 1.77. The molecule has 4 nitrogen and oxygen atoms in total. The third-order valence-electron chi connectivity index (χ3n) is 3.53. The Kier molecular flexibility index (Phi) is 5.61. The Morgan fingerprint density at radius 2 is 1.88 bits per heavy atom. The van der Waals surface area contributed by atoms with Crippen molar-refractivity contribution in [2.45, 2.75) is 4.90 Å². The number of nitrogens with one attached hydrogen (secondary N) is 1. The van der Waals surface area contributed by atoms with Crippen molar-refractivity contribution in [3.63, 3.8) is 0 Å². The van der Waals surface area contributed by atoms with E-state index in [2.05, 4.69) is 9.62 Å². The third kappa shape index (κ3) is 4.19. The smallest absolute Gasteiger partial charge is 0.149 e. The minimum atomic E-state index is -0.338. The summed E-state index contributed by atoms with van der Waals surface area (Å²) in [6.45, 7) is 2.70. The molecule has 0 amide bonds. The van der Waals surface area contributed by atoms with Gasteiger partial charge in [0.05, 0.1) is 23.1 Å². The third-order valence-corrected chi connectivity index (χ3v) is 4.91. The van der Waals surface area contributed by atoms with E-state index in [0.29, 0.717) is 28.8 Å². The molecule has 2 aromatic carbocycles. The molecule has 0 spiro atoms. The second-order valence-electron chi connectivity index (χ2n) is 5.24. The number of phenols is 1. The van der Waals surface area contributed by atoms with Crippen LogP contribution in [0.2, 0.25) is 10.0 Å². The predicted octanol–water partition coefficient (Wildman–Crippen LogP) is 4.79. The molecular weight excluding hydrogens is 374 g/mol. The van der Waals surface area contributed by atoms with Crippen LogP contribution < -0.4 is 9.62 Å². The molecule has 0 bridgehead atoms. The number of rotatable bonds is 4. The number of hydrogen-bond acceptors (Lipinski definition) is 5. The summed E-state index contributed by atoms with van der Waals surface area (Å²) in [4.78, 5) is 2.53. The van der Waals surface area contributed by atoms with Crippen LogP contribution in [0.1, 0.15) is 0 Å². The lowest BCUT2D eigenvalue weighted by Crippen LogP contribution is -2.36. The number of benzene rings is 2. The van der Waals surface area contributed by atoms with Crippen LogP contribution in [-0.4, -0.2) is 31.4 Å². The van der Waals surface area contributed by atoms with Gasteiger partial charge in [0, 0.05) is 29.5 Å². The molecule has 2 aromatic rings. The van der Waals surface area contributed by atoms with E-state index >= 15 is 0 Å². The summed E-state index contributed by atoms with van der Waals surface area (Å²) in [7, 11) is 0. The lowest BCUT2D eigenvalue weighted by Gasteiger charge is -2.29. The molecule has 128 valence electrons. The summed E-state index contributed by atoms with van der Waals surface area (Å²) in [5.41, 5.74) is 1.37. The molecule has 8 heteroatoms. The van der Waals surface area contributed by atoms with Gasteiger partial charge in [0.1, 0.15) is 11.6 Å². The number of phenolic OH excluding ortho intramolecular Hbond substituents is 1. The van der Waals surface area contributed by atoms with E-state index in [4.69, 9.17) is 27.9 Å². The van der Waals surface area contributed by atoms with Crippen LogP contribution in [0, 0.1) is 5.82 Å². The van der Waals surface area contributed by atoms with Crippen molar-refractivity contribution in [2.24, 2.45) is 0 Å². The van der Waals surface area contributed by atoms with Crippen molar-refractivity contribution in [2.75, 3.05) is 35.9 Å². The number of morpholine rings is 1. The highest BCUT2D eigenvalue weighted by atomic mass is 35.5. The lowest BCUT2D eigenvalue weighted by atomic mass is 10.2. The Hall–Kier alpha value is -1.34. The van der Waals surface area contributed by atoms with E-state index in [1.54, 1.807) is 6.07 Å². The molecule has 1 heterocycles. The van der Waals surface area contributed by atoms with Gasteiger partial charge in [-0.1, -0.05) is 23.2 Å². The topological polar surface area (TPSA) is 44.7 Å². The highest BCUT2D eigenvalue weighted by Crippen LogP contribution is 2.38. The molecule has 0 atom stereocenters. The summed E-state index contributed by atoms with van der Waals surface area (Å²) >= 11 is 13.0. The molecule has 0 saturated carbocycles. The van der Waals surface area contributed by atoms with Gasteiger partial charge in [0.25, 0.3) is 0 Å². The van der Waals surface area contributed by atoms with Gasteiger partial charge in [-0.15, -0.1) is 0 Å². The van der Waals surface area contributed by atoms with Crippen molar-refractivity contribution in [1.82, 2.24) is 0 Å². The minimum Gasteiger partial charge on any atom is -0.505 e. The number of halogens is 3. The number of ether oxygens (including phenoxy) is 1. The first-order chi connectivity index (χ1) is 11.5. The average molecular weight is 389 g/mol. The predicted molar refractivity (Wildman–Crippen MR) is 97.0 cm³/mol. The van der Waals surface area contributed by atoms with Gasteiger partial charge in [-0.25, -0.2) is 4.39 Å². The number of aromatic hydroxyl groups is 1. The molecule has 1 fully saturated rings. The van der Waals surface area contributed by atoms with E-state index in [-0.39, 0.29) is 16.6 Å². The zero-order valence-electron chi connectivity index (χ0n) is 12.6. The van der Waals surface area contributed by atoms with Gasteiger partial charge in [-0.2, -0.15) is 0 Å². The minimum absolute atomic E-state index is 0.0663. The standard InChI is InChI=1S/C16H15Cl2FN2O2S/c17-10-5-14(18)16(22)15(6-10)24-20-12-7-11(19)8-13(9-12)21-1-3-23-4-2-21/h5-9,20,22H,1-4H2. The Morgan fingerprint density at radius 1 is 1.12 bits per heavy atom. The molecule has 2 N–H and O–H groups in total. The van der Waals surface area contributed by atoms with E-state index in [0.717, 1.165) is 30.7 Å². The average Bonchev–Trinajstić information content (AvgIpc) is 2.57. The maximum Gasteiger partial charge on any atom is 0.149 e. The maximum atomic E-state index is 13.9. The van der Waals surface area contributed by atoms with E-state index < -0.39 is 0 Å². The summed E-state index contributed by atoms with van der Waals surface area (Å²) in [6, 6.07) is 7.78. The summed E-state index contributed by atoms with van der Waals surface area (Å²) < 4.78 is 22.2. The van der Waals surface area contributed by atoms with E-state index in [1.165, 1.54) is 18.2 Å². The fraction of sp³-hybridized carbons (Fsp3) is 0.250. The van der Waals surface area contributed by atoms with Crippen molar-refractivity contribution in [3.8, 4) is 5.75 Å². The molecule has 1 aliphatic heterocycles. The number of anilines is 2. The van der Waals surface area contributed by atoms with Crippen LogP contribution in [0.25, 0.3) is 0 Å². The van der Waals surface area contributed by atoms with Crippen molar-refractivity contribution in [1.29, 1.82) is 0 Å². The molecule has 0 unspecified atom stereocenters. The van der Waals surface area contributed by atoms with Crippen LogP contribution >= 0.6 is 35.1 Å². The molecule has 0 aromatic heterocycles. The molecule has 0 aliphatic carbocycles. The Labute approximate surface area is 153 Å². The lowest BCUT2D eigenvalue weighted by molar-refractivity contribution is 0.122. The van der Waals surface area contributed by atoms with Crippen LogP contribution in [0.3, 0.4) is 0 Å². The largest absolute Gasteiger partial charge is 0.505 e. The van der Waals surface area contributed by atoms with Crippen LogP contribution in [0.4, 0.5) is 15.8 Å². The van der Waals surface area contributed by atoms with Crippen molar-refractivity contribution < 1.29 is 14.2 Å². The van der Waals surface area contributed by atoms with Gasteiger partial charge < -0.3 is 19.5 Å². The number of hydrogen-bond donors (Lipinski definition) is 2. The molecule has 3 rings (SSSR count). The zero-order chi connectivity index (χ0) is 17.1. The first-order valence-corrected chi connectivity index (χ1v) is 8.84. The van der Waals surface area contributed by atoms with Crippen molar-refractivity contribution in [3.05, 3.63) is 46.2 Å². The molecular formula is C16H15Cl2FN2O2S. The molecule has 1 saturated heterocycles. The van der Waals surface area contributed by atoms with Crippen LogP contribution in [0.15, 0.2) is 35.2 Å². The van der Waals surface area contributed by atoms with Crippen LogP contribution in [-0.2, 0) is 4.74 Å².